The molecule has 3 heteroatoms. The minimum atomic E-state index is -0.109. The van der Waals surface area contributed by atoms with Crippen LogP contribution in [-0.2, 0) is 0 Å². The van der Waals surface area contributed by atoms with Gasteiger partial charge in [0, 0.05) is 5.56 Å². The lowest BCUT2D eigenvalue weighted by molar-refractivity contribution is 0.104. The summed E-state index contributed by atoms with van der Waals surface area (Å²) in [6.45, 7) is 0. The molecule has 0 aliphatic carbocycles. The molecule has 2 rings (SSSR count). The first-order valence-corrected chi connectivity index (χ1v) is 5.84. The van der Waals surface area contributed by atoms with Gasteiger partial charge in [-0.15, -0.1) is 0 Å². The van der Waals surface area contributed by atoms with Crippen LogP contribution in [0.3, 0.4) is 0 Å². The number of carbonyl (C=O) groups excluding carboxylic acids is 1. The maximum absolute atomic E-state index is 11.9. The van der Waals surface area contributed by atoms with E-state index in [9.17, 15) is 4.79 Å². The van der Waals surface area contributed by atoms with Crippen molar-refractivity contribution in [2.45, 2.75) is 0 Å². The van der Waals surface area contributed by atoms with Crippen LogP contribution in [0, 0.1) is 0 Å². The minimum absolute atomic E-state index is 0.109. The second kappa shape index (κ2) is 5.87. The Kier molecular flexibility index (Phi) is 3.98. The minimum Gasteiger partial charge on any atom is -0.508 e. The molecular weight excluding hydrogens is 240 g/mol. The van der Waals surface area contributed by atoms with Crippen LogP contribution in [0.2, 0.25) is 0 Å². The van der Waals surface area contributed by atoms with Crippen molar-refractivity contribution in [2.75, 3.05) is 7.11 Å². The number of aromatic hydroxyl groups is 1. The van der Waals surface area contributed by atoms with Crippen molar-refractivity contribution in [1.82, 2.24) is 0 Å². The van der Waals surface area contributed by atoms with Crippen LogP contribution in [0.15, 0.2) is 54.6 Å². The van der Waals surface area contributed by atoms with Gasteiger partial charge in [-0.25, -0.2) is 0 Å². The van der Waals surface area contributed by atoms with E-state index in [4.69, 9.17) is 9.84 Å². The van der Waals surface area contributed by atoms with Gasteiger partial charge in [-0.2, -0.15) is 0 Å². The van der Waals surface area contributed by atoms with Gasteiger partial charge in [-0.05, 0) is 48.0 Å². The Labute approximate surface area is 111 Å². The van der Waals surface area contributed by atoms with Crippen molar-refractivity contribution < 1.29 is 14.6 Å². The van der Waals surface area contributed by atoms with Crippen molar-refractivity contribution in [3.8, 4) is 11.5 Å². The van der Waals surface area contributed by atoms with Crippen LogP contribution in [0.1, 0.15) is 15.9 Å². The van der Waals surface area contributed by atoms with Crippen LogP contribution in [0.4, 0.5) is 0 Å². The molecule has 0 atom stereocenters. The summed E-state index contributed by atoms with van der Waals surface area (Å²) in [5.41, 5.74) is 1.43. The van der Waals surface area contributed by atoms with Gasteiger partial charge in [0.1, 0.15) is 11.5 Å². The summed E-state index contributed by atoms with van der Waals surface area (Å²) in [6, 6.07) is 13.6. The summed E-state index contributed by atoms with van der Waals surface area (Å²) in [6.07, 6.45) is 3.23. The first-order valence-electron chi connectivity index (χ1n) is 5.84. The van der Waals surface area contributed by atoms with Gasteiger partial charge in [0.2, 0.25) is 0 Å². The van der Waals surface area contributed by atoms with Gasteiger partial charge >= 0.3 is 0 Å². The number of phenolic OH excluding ortho intramolecular Hbond substituents is 1. The van der Waals surface area contributed by atoms with E-state index in [1.165, 1.54) is 18.2 Å². The topological polar surface area (TPSA) is 46.5 Å². The summed E-state index contributed by atoms with van der Waals surface area (Å²) in [7, 11) is 1.60. The Hall–Kier alpha value is -2.55. The number of allylic oxidation sites excluding steroid dienone is 1. The zero-order chi connectivity index (χ0) is 13.7. The molecule has 19 heavy (non-hydrogen) atoms. The SMILES string of the molecule is COc1cccc(/C=C/C(=O)c2ccc(O)cc2)c1. The Morgan fingerprint density at radius 1 is 1.16 bits per heavy atom. The summed E-state index contributed by atoms with van der Waals surface area (Å²) < 4.78 is 5.11. The molecule has 0 saturated carbocycles. The molecule has 0 amide bonds. The molecule has 3 nitrogen and oxygen atoms in total. The molecule has 0 aliphatic heterocycles. The summed E-state index contributed by atoms with van der Waals surface area (Å²) in [5, 5.41) is 9.16. The second-order valence-corrected chi connectivity index (χ2v) is 4.02. The van der Waals surface area contributed by atoms with E-state index in [1.54, 1.807) is 25.3 Å². The lowest BCUT2D eigenvalue weighted by atomic mass is 10.1. The first-order chi connectivity index (χ1) is 9.19. The van der Waals surface area contributed by atoms with Crippen molar-refractivity contribution in [3.05, 3.63) is 65.7 Å². The van der Waals surface area contributed by atoms with Crippen LogP contribution in [0.5, 0.6) is 11.5 Å². The molecule has 0 saturated heterocycles. The summed E-state index contributed by atoms with van der Waals surface area (Å²) >= 11 is 0. The molecule has 0 aromatic heterocycles. The average molecular weight is 254 g/mol. The molecule has 1 N–H and O–H groups in total. The Morgan fingerprint density at radius 2 is 1.89 bits per heavy atom. The van der Waals surface area contributed by atoms with E-state index in [0.29, 0.717) is 5.56 Å². The molecule has 2 aromatic rings. The van der Waals surface area contributed by atoms with E-state index < -0.39 is 0 Å². The molecule has 96 valence electrons. The summed E-state index contributed by atoms with van der Waals surface area (Å²) in [4.78, 5) is 11.9. The third-order valence-electron chi connectivity index (χ3n) is 2.67. The maximum Gasteiger partial charge on any atom is 0.185 e. The third-order valence-corrected chi connectivity index (χ3v) is 2.67. The van der Waals surface area contributed by atoms with Gasteiger partial charge < -0.3 is 9.84 Å². The zero-order valence-electron chi connectivity index (χ0n) is 10.5. The molecular formula is C16H14O3. The largest absolute Gasteiger partial charge is 0.508 e. The highest BCUT2D eigenvalue weighted by Gasteiger charge is 2.01. The fourth-order valence-electron chi connectivity index (χ4n) is 1.64. The van der Waals surface area contributed by atoms with E-state index in [2.05, 4.69) is 0 Å². The van der Waals surface area contributed by atoms with Crippen molar-refractivity contribution in [1.29, 1.82) is 0 Å². The Bertz CT molecular complexity index is 598. The highest BCUT2D eigenvalue weighted by molar-refractivity contribution is 6.06. The molecule has 0 heterocycles. The van der Waals surface area contributed by atoms with Crippen LogP contribution < -0.4 is 4.74 Å². The first kappa shape index (κ1) is 12.9. The number of methoxy groups -OCH3 is 1. The number of rotatable bonds is 4. The molecule has 0 spiro atoms. The molecule has 0 radical (unpaired) electrons. The third kappa shape index (κ3) is 3.45. The smallest absolute Gasteiger partial charge is 0.185 e. The van der Waals surface area contributed by atoms with E-state index in [-0.39, 0.29) is 11.5 Å². The summed E-state index contributed by atoms with van der Waals surface area (Å²) in [5.74, 6) is 0.787. The predicted molar refractivity (Wildman–Crippen MR) is 74.5 cm³/mol. The Morgan fingerprint density at radius 3 is 2.58 bits per heavy atom. The number of carbonyl (C=O) groups is 1. The number of phenols is 1. The van der Waals surface area contributed by atoms with Gasteiger partial charge in [-0.1, -0.05) is 18.2 Å². The van der Waals surface area contributed by atoms with Crippen LogP contribution in [-0.4, -0.2) is 18.0 Å². The molecule has 0 unspecified atom stereocenters. The lowest BCUT2D eigenvalue weighted by Crippen LogP contribution is -1.93. The standard InChI is InChI=1S/C16H14O3/c1-19-15-4-2-3-12(11-15)5-10-16(18)13-6-8-14(17)9-7-13/h2-11,17H,1H3/b10-5+. The van der Waals surface area contributed by atoms with E-state index >= 15 is 0 Å². The van der Waals surface area contributed by atoms with Gasteiger partial charge in [-0.3, -0.25) is 4.79 Å². The van der Waals surface area contributed by atoms with Crippen LogP contribution in [0.25, 0.3) is 6.08 Å². The van der Waals surface area contributed by atoms with E-state index in [0.717, 1.165) is 11.3 Å². The zero-order valence-corrected chi connectivity index (χ0v) is 10.5. The number of benzene rings is 2. The van der Waals surface area contributed by atoms with Gasteiger partial charge in [0.25, 0.3) is 0 Å². The Balaban J connectivity index is 2.13. The number of hydrogen-bond donors (Lipinski definition) is 1. The van der Waals surface area contributed by atoms with Gasteiger partial charge in [0.05, 0.1) is 7.11 Å². The quantitative estimate of drug-likeness (QED) is 0.672. The number of ether oxygens (including phenoxy) is 1. The predicted octanol–water partition coefficient (Wildman–Crippen LogP) is 3.30. The van der Waals surface area contributed by atoms with Crippen molar-refractivity contribution in [2.24, 2.45) is 0 Å². The number of ketones is 1. The monoisotopic (exact) mass is 254 g/mol. The van der Waals surface area contributed by atoms with Gasteiger partial charge in [0.15, 0.2) is 5.78 Å². The molecule has 0 fully saturated rings. The molecule has 0 aliphatic rings. The maximum atomic E-state index is 11.9. The van der Waals surface area contributed by atoms with Crippen LogP contribution >= 0.6 is 0 Å². The fourth-order valence-corrected chi connectivity index (χ4v) is 1.64. The highest BCUT2D eigenvalue weighted by Crippen LogP contribution is 2.15. The fraction of sp³-hybridized carbons (Fsp3) is 0.0625. The lowest BCUT2D eigenvalue weighted by Gasteiger charge is -2.00. The average Bonchev–Trinajstić information content (AvgIpc) is 2.46. The molecule has 0 bridgehead atoms. The molecule has 2 aromatic carbocycles. The number of hydrogen-bond acceptors (Lipinski definition) is 3. The van der Waals surface area contributed by atoms with Crippen molar-refractivity contribution >= 4 is 11.9 Å². The van der Waals surface area contributed by atoms with Crippen molar-refractivity contribution in [3.63, 3.8) is 0 Å². The second-order valence-electron chi connectivity index (χ2n) is 4.02. The normalized spacial score (nSPS) is 10.6. The van der Waals surface area contributed by atoms with E-state index in [1.807, 2.05) is 24.3 Å². The highest BCUT2D eigenvalue weighted by atomic mass is 16.5.